The number of aromatic nitrogens is 1. The highest BCUT2D eigenvalue weighted by molar-refractivity contribution is 5.94. The van der Waals surface area contributed by atoms with Crippen LogP contribution in [0.1, 0.15) is 24.7 Å². The zero-order valence-corrected chi connectivity index (χ0v) is 15.2. The van der Waals surface area contributed by atoms with Gasteiger partial charge in [-0.25, -0.2) is 0 Å². The number of aryl methyl sites for hydroxylation is 2. The third-order valence-electron chi connectivity index (χ3n) is 3.62. The number of hydrogen-bond donors (Lipinski definition) is 1. The molecule has 0 unspecified atom stereocenters. The minimum absolute atomic E-state index is 0.135. The third kappa shape index (κ3) is 5.23. The number of nitrogens with one attached hydrogen (secondary N) is 1. The van der Waals surface area contributed by atoms with E-state index < -0.39 is 18.0 Å². The molecule has 1 heterocycles. The number of carbonyl (C=O) groups excluding carboxylic acids is 2. The summed E-state index contributed by atoms with van der Waals surface area (Å²) in [5.41, 5.74) is 0.898. The van der Waals surface area contributed by atoms with Gasteiger partial charge in [-0.3, -0.25) is 9.59 Å². The van der Waals surface area contributed by atoms with Gasteiger partial charge in [-0.05, 0) is 38.0 Å². The van der Waals surface area contributed by atoms with Crippen LogP contribution in [0.3, 0.4) is 0 Å². The summed E-state index contributed by atoms with van der Waals surface area (Å²) >= 11 is 0. The van der Waals surface area contributed by atoms with Crippen LogP contribution in [0.15, 0.2) is 28.8 Å². The van der Waals surface area contributed by atoms with Gasteiger partial charge in [-0.1, -0.05) is 11.2 Å². The van der Waals surface area contributed by atoms with E-state index in [1.807, 2.05) is 6.07 Å². The lowest BCUT2D eigenvalue weighted by molar-refractivity contribution is -0.153. The van der Waals surface area contributed by atoms with Crippen molar-refractivity contribution in [2.45, 2.75) is 32.8 Å². The molecular weight excluding hydrogens is 340 g/mol. The van der Waals surface area contributed by atoms with E-state index in [-0.39, 0.29) is 12.2 Å². The Morgan fingerprint density at radius 3 is 2.54 bits per heavy atom. The molecule has 8 nitrogen and oxygen atoms in total. The highest BCUT2D eigenvalue weighted by Gasteiger charge is 2.19. The molecule has 2 aromatic rings. The normalized spacial score (nSPS) is 11.5. The molecule has 0 bridgehead atoms. The number of hydrogen-bond acceptors (Lipinski definition) is 7. The second-order valence-corrected chi connectivity index (χ2v) is 5.63. The van der Waals surface area contributed by atoms with E-state index in [0.717, 1.165) is 5.56 Å². The monoisotopic (exact) mass is 362 g/mol. The predicted molar refractivity (Wildman–Crippen MR) is 93.3 cm³/mol. The van der Waals surface area contributed by atoms with E-state index in [1.54, 1.807) is 39.3 Å². The van der Waals surface area contributed by atoms with Crippen LogP contribution in [-0.4, -0.2) is 37.4 Å². The number of anilines is 1. The van der Waals surface area contributed by atoms with Crippen molar-refractivity contribution in [2.24, 2.45) is 0 Å². The smallest absolute Gasteiger partial charge is 0.306 e. The quantitative estimate of drug-likeness (QED) is 0.720. The number of carbonyl (C=O) groups is 2. The first-order valence-electron chi connectivity index (χ1n) is 8.07. The second-order valence-electron chi connectivity index (χ2n) is 5.63. The maximum Gasteiger partial charge on any atom is 0.306 e. The van der Waals surface area contributed by atoms with Gasteiger partial charge in [0, 0.05) is 12.5 Å². The molecule has 2 rings (SSSR count). The SMILES string of the molecule is COc1ccc(CCC(=O)O[C@@H](C)C(=O)Nc2cc(C)on2)cc1OC. The molecule has 0 fully saturated rings. The Morgan fingerprint density at radius 1 is 1.19 bits per heavy atom. The van der Waals surface area contributed by atoms with E-state index >= 15 is 0 Å². The van der Waals surface area contributed by atoms with Gasteiger partial charge in [-0.15, -0.1) is 0 Å². The van der Waals surface area contributed by atoms with Crippen molar-refractivity contribution < 1.29 is 28.3 Å². The summed E-state index contributed by atoms with van der Waals surface area (Å²) in [5, 5.41) is 6.17. The minimum Gasteiger partial charge on any atom is -0.493 e. The molecule has 0 saturated heterocycles. The summed E-state index contributed by atoms with van der Waals surface area (Å²) in [6, 6.07) is 6.99. The van der Waals surface area contributed by atoms with Gasteiger partial charge >= 0.3 is 5.97 Å². The summed E-state index contributed by atoms with van der Waals surface area (Å²) in [6.07, 6.45) is -0.350. The third-order valence-corrected chi connectivity index (χ3v) is 3.62. The summed E-state index contributed by atoms with van der Waals surface area (Å²) < 4.78 is 20.4. The molecule has 0 radical (unpaired) electrons. The molecule has 8 heteroatoms. The average molecular weight is 362 g/mol. The molecule has 1 amide bonds. The molecule has 0 aliphatic rings. The molecule has 0 aliphatic carbocycles. The fraction of sp³-hybridized carbons (Fsp3) is 0.389. The number of amides is 1. The van der Waals surface area contributed by atoms with E-state index in [1.165, 1.54) is 6.92 Å². The van der Waals surface area contributed by atoms with Crippen molar-refractivity contribution in [1.82, 2.24) is 5.16 Å². The molecular formula is C18H22N2O6. The van der Waals surface area contributed by atoms with Crippen molar-refractivity contribution in [3.8, 4) is 11.5 Å². The Labute approximate surface area is 151 Å². The molecule has 26 heavy (non-hydrogen) atoms. The lowest BCUT2D eigenvalue weighted by atomic mass is 10.1. The largest absolute Gasteiger partial charge is 0.493 e. The van der Waals surface area contributed by atoms with Crippen LogP contribution in [0.5, 0.6) is 11.5 Å². The molecule has 0 saturated carbocycles. The Kier molecular flexibility index (Phi) is 6.60. The fourth-order valence-corrected chi connectivity index (χ4v) is 2.25. The van der Waals surface area contributed by atoms with Gasteiger partial charge < -0.3 is 24.1 Å². The van der Waals surface area contributed by atoms with Crippen molar-refractivity contribution in [3.63, 3.8) is 0 Å². The number of nitrogens with zero attached hydrogens (tertiary/aromatic N) is 1. The van der Waals surface area contributed by atoms with Crippen LogP contribution in [0.2, 0.25) is 0 Å². The zero-order chi connectivity index (χ0) is 19.1. The molecule has 140 valence electrons. The molecule has 0 aliphatic heterocycles. The van der Waals surface area contributed by atoms with Gasteiger partial charge in [-0.2, -0.15) is 0 Å². The number of rotatable bonds is 8. The molecule has 1 aromatic carbocycles. The Morgan fingerprint density at radius 2 is 1.92 bits per heavy atom. The van der Waals surface area contributed by atoms with Crippen molar-refractivity contribution in [2.75, 3.05) is 19.5 Å². The first-order chi connectivity index (χ1) is 12.4. The summed E-state index contributed by atoms with van der Waals surface area (Å²) in [6.45, 7) is 3.21. The van der Waals surface area contributed by atoms with Crippen LogP contribution in [0.4, 0.5) is 5.82 Å². The first kappa shape index (κ1) is 19.3. The Balaban J connectivity index is 1.83. The van der Waals surface area contributed by atoms with Crippen molar-refractivity contribution in [1.29, 1.82) is 0 Å². The maximum absolute atomic E-state index is 12.0. The lowest BCUT2D eigenvalue weighted by Crippen LogP contribution is -2.30. The number of ether oxygens (including phenoxy) is 3. The highest BCUT2D eigenvalue weighted by Crippen LogP contribution is 2.28. The van der Waals surface area contributed by atoms with Crippen molar-refractivity contribution in [3.05, 3.63) is 35.6 Å². The van der Waals surface area contributed by atoms with Crippen LogP contribution in [-0.2, 0) is 20.7 Å². The average Bonchev–Trinajstić information content (AvgIpc) is 3.04. The van der Waals surface area contributed by atoms with Crippen LogP contribution in [0, 0.1) is 6.92 Å². The van der Waals surface area contributed by atoms with E-state index in [9.17, 15) is 9.59 Å². The second kappa shape index (κ2) is 8.89. The molecule has 1 atom stereocenters. The van der Waals surface area contributed by atoms with E-state index in [4.69, 9.17) is 18.7 Å². The molecule has 1 aromatic heterocycles. The lowest BCUT2D eigenvalue weighted by Gasteiger charge is -2.13. The van der Waals surface area contributed by atoms with Crippen LogP contribution >= 0.6 is 0 Å². The van der Waals surface area contributed by atoms with E-state index in [2.05, 4.69) is 10.5 Å². The molecule has 0 spiro atoms. The number of esters is 1. The van der Waals surface area contributed by atoms with Gasteiger partial charge in [0.25, 0.3) is 5.91 Å². The standard InChI is InChI=1S/C18H22N2O6/c1-11-9-16(20-26-11)19-18(22)12(2)25-17(21)8-6-13-5-7-14(23-3)15(10-13)24-4/h5,7,9-10,12H,6,8H2,1-4H3,(H,19,20,22)/t12-/m0/s1. The number of benzene rings is 1. The number of methoxy groups -OCH3 is 2. The van der Waals surface area contributed by atoms with Gasteiger partial charge in [0.1, 0.15) is 5.76 Å². The summed E-state index contributed by atoms with van der Waals surface area (Å²) in [5.74, 6) is 1.11. The van der Waals surface area contributed by atoms with Gasteiger partial charge in [0.15, 0.2) is 23.4 Å². The highest BCUT2D eigenvalue weighted by atomic mass is 16.5. The first-order valence-corrected chi connectivity index (χ1v) is 8.07. The zero-order valence-electron chi connectivity index (χ0n) is 15.2. The van der Waals surface area contributed by atoms with Gasteiger partial charge in [0.2, 0.25) is 0 Å². The Bertz CT molecular complexity index is 771. The van der Waals surface area contributed by atoms with Crippen LogP contribution in [0.25, 0.3) is 0 Å². The topological polar surface area (TPSA) is 99.9 Å². The molecule has 1 N–H and O–H groups in total. The Hall–Kier alpha value is -3.03. The predicted octanol–water partition coefficient (Wildman–Crippen LogP) is 2.50. The summed E-state index contributed by atoms with van der Waals surface area (Å²) in [7, 11) is 3.11. The van der Waals surface area contributed by atoms with E-state index in [0.29, 0.717) is 23.7 Å². The van der Waals surface area contributed by atoms with Crippen molar-refractivity contribution >= 4 is 17.7 Å². The fourth-order valence-electron chi connectivity index (χ4n) is 2.25. The summed E-state index contributed by atoms with van der Waals surface area (Å²) in [4.78, 5) is 24.0. The van der Waals surface area contributed by atoms with Crippen LogP contribution < -0.4 is 14.8 Å². The maximum atomic E-state index is 12.0. The minimum atomic E-state index is -0.940. The van der Waals surface area contributed by atoms with Gasteiger partial charge in [0.05, 0.1) is 14.2 Å².